The number of carbonyl (C=O) groups is 2. The predicted octanol–water partition coefficient (Wildman–Crippen LogP) is 2.67. The zero-order valence-electron chi connectivity index (χ0n) is 15.8. The van der Waals surface area contributed by atoms with Gasteiger partial charge in [0.1, 0.15) is 0 Å². The Morgan fingerprint density at radius 2 is 1.88 bits per heavy atom. The van der Waals surface area contributed by atoms with E-state index in [1.54, 1.807) is 14.2 Å². The van der Waals surface area contributed by atoms with Gasteiger partial charge in [0.2, 0.25) is 11.8 Å². The topological polar surface area (TPSA) is 67.9 Å². The van der Waals surface area contributed by atoms with Gasteiger partial charge in [0.15, 0.2) is 11.5 Å². The molecule has 26 heavy (non-hydrogen) atoms. The number of amides is 2. The minimum absolute atomic E-state index is 0.0545. The number of methoxy groups -OCH3 is 2. The second-order valence-corrected chi connectivity index (χ2v) is 7.23. The van der Waals surface area contributed by atoms with Crippen LogP contribution in [0.5, 0.6) is 11.5 Å². The van der Waals surface area contributed by atoms with E-state index in [-0.39, 0.29) is 23.8 Å². The van der Waals surface area contributed by atoms with Gasteiger partial charge in [-0.1, -0.05) is 18.9 Å². The minimum Gasteiger partial charge on any atom is -0.493 e. The van der Waals surface area contributed by atoms with E-state index in [9.17, 15) is 9.59 Å². The van der Waals surface area contributed by atoms with Crippen molar-refractivity contribution < 1.29 is 19.1 Å². The Morgan fingerprint density at radius 3 is 2.54 bits per heavy atom. The highest BCUT2D eigenvalue weighted by atomic mass is 16.5. The monoisotopic (exact) mass is 360 g/mol. The Kier molecular flexibility index (Phi) is 5.69. The number of benzene rings is 1. The third-order valence-corrected chi connectivity index (χ3v) is 5.56. The van der Waals surface area contributed by atoms with Crippen molar-refractivity contribution >= 4 is 11.8 Å². The van der Waals surface area contributed by atoms with Gasteiger partial charge in [0, 0.05) is 19.0 Å². The number of hydrogen-bond acceptors (Lipinski definition) is 4. The summed E-state index contributed by atoms with van der Waals surface area (Å²) >= 11 is 0. The van der Waals surface area contributed by atoms with Crippen molar-refractivity contribution in [3.63, 3.8) is 0 Å². The first kappa shape index (κ1) is 18.5. The second kappa shape index (κ2) is 7.98. The largest absolute Gasteiger partial charge is 0.493 e. The van der Waals surface area contributed by atoms with Crippen LogP contribution in [0.1, 0.15) is 50.6 Å². The van der Waals surface area contributed by atoms with Crippen LogP contribution in [-0.4, -0.2) is 43.5 Å². The average Bonchev–Trinajstić information content (AvgIpc) is 3.30. The molecule has 0 radical (unpaired) electrons. The molecule has 1 aromatic carbocycles. The second-order valence-electron chi connectivity index (χ2n) is 7.23. The number of nitrogens with one attached hydrogen (secondary N) is 1. The fourth-order valence-corrected chi connectivity index (χ4v) is 4.01. The van der Waals surface area contributed by atoms with Gasteiger partial charge in [0.25, 0.3) is 0 Å². The Balaban J connectivity index is 1.61. The molecule has 0 aromatic heterocycles. The van der Waals surface area contributed by atoms with Crippen LogP contribution in [0.15, 0.2) is 18.2 Å². The van der Waals surface area contributed by atoms with E-state index in [0.717, 1.165) is 18.4 Å². The van der Waals surface area contributed by atoms with Crippen LogP contribution in [0, 0.1) is 5.92 Å². The van der Waals surface area contributed by atoms with Crippen molar-refractivity contribution in [2.75, 3.05) is 20.8 Å². The lowest BCUT2D eigenvalue weighted by molar-refractivity contribution is -0.130. The van der Waals surface area contributed by atoms with E-state index < -0.39 is 0 Å². The number of likely N-dealkylation sites (tertiary alicyclic amines) is 1. The van der Waals surface area contributed by atoms with Crippen molar-refractivity contribution in [1.82, 2.24) is 10.2 Å². The third-order valence-electron chi connectivity index (χ3n) is 5.56. The molecular formula is C20H28N2O4. The molecule has 3 rings (SSSR count). The lowest BCUT2D eigenvalue weighted by Crippen LogP contribution is -2.37. The fraction of sp³-hybridized carbons (Fsp3) is 0.600. The molecule has 1 saturated heterocycles. The lowest BCUT2D eigenvalue weighted by Gasteiger charge is -2.24. The van der Waals surface area contributed by atoms with Crippen molar-refractivity contribution in [3.05, 3.63) is 23.8 Å². The van der Waals surface area contributed by atoms with Gasteiger partial charge in [-0.15, -0.1) is 0 Å². The summed E-state index contributed by atoms with van der Waals surface area (Å²) in [5.41, 5.74) is 0.938. The van der Waals surface area contributed by atoms with Crippen LogP contribution >= 0.6 is 0 Å². The van der Waals surface area contributed by atoms with Gasteiger partial charge in [-0.3, -0.25) is 9.59 Å². The van der Waals surface area contributed by atoms with E-state index in [1.807, 2.05) is 30.0 Å². The van der Waals surface area contributed by atoms with E-state index in [0.29, 0.717) is 30.5 Å². The maximum atomic E-state index is 12.7. The van der Waals surface area contributed by atoms with E-state index >= 15 is 0 Å². The molecule has 1 N–H and O–H groups in total. The normalized spacial score (nSPS) is 21.7. The quantitative estimate of drug-likeness (QED) is 0.847. The predicted molar refractivity (Wildman–Crippen MR) is 98.2 cm³/mol. The maximum absolute atomic E-state index is 12.7. The molecule has 2 aliphatic rings. The van der Waals surface area contributed by atoms with Gasteiger partial charge < -0.3 is 19.7 Å². The molecule has 2 amide bonds. The van der Waals surface area contributed by atoms with Crippen molar-refractivity contribution in [3.8, 4) is 11.5 Å². The lowest BCUT2D eigenvalue weighted by atomic mass is 10.0. The Hall–Kier alpha value is -2.24. The highest BCUT2D eigenvalue weighted by Crippen LogP contribution is 2.31. The molecule has 0 bridgehead atoms. The molecule has 1 aliphatic heterocycles. The molecule has 1 aromatic rings. The molecule has 1 heterocycles. The van der Waals surface area contributed by atoms with Gasteiger partial charge in [0.05, 0.1) is 26.2 Å². The van der Waals surface area contributed by atoms with Gasteiger partial charge in [-0.2, -0.15) is 0 Å². The van der Waals surface area contributed by atoms with Crippen LogP contribution in [0.4, 0.5) is 0 Å². The Labute approximate surface area is 154 Å². The summed E-state index contributed by atoms with van der Waals surface area (Å²) in [6, 6.07) is 5.78. The van der Waals surface area contributed by atoms with E-state index in [4.69, 9.17) is 9.47 Å². The summed E-state index contributed by atoms with van der Waals surface area (Å²) in [5.74, 6) is 1.10. The molecule has 0 spiro atoms. The van der Waals surface area contributed by atoms with Gasteiger partial charge >= 0.3 is 0 Å². The van der Waals surface area contributed by atoms with Crippen molar-refractivity contribution in [2.24, 2.45) is 5.92 Å². The molecule has 6 heteroatoms. The standard InChI is InChI=1S/C20H28N2O4/c1-13(14-8-9-17(25-2)18(10-14)26-3)21-20(24)15-11-19(23)22(12-15)16-6-4-5-7-16/h8-10,13,15-16H,4-7,11-12H2,1-3H3,(H,21,24). The van der Waals surface area contributed by atoms with Gasteiger partial charge in [-0.25, -0.2) is 0 Å². The van der Waals surface area contributed by atoms with Crippen LogP contribution < -0.4 is 14.8 Å². The maximum Gasteiger partial charge on any atom is 0.225 e. The summed E-state index contributed by atoms with van der Waals surface area (Å²) in [7, 11) is 3.18. The Bertz CT molecular complexity index is 670. The van der Waals surface area contributed by atoms with Gasteiger partial charge in [-0.05, 0) is 37.5 Å². The first-order valence-electron chi connectivity index (χ1n) is 9.35. The highest BCUT2D eigenvalue weighted by molar-refractivity contribution is 5.89. The Morgan fingerprint density at radius 1 is 1.19 bits per heavy atom. The number of ether oxygens (including phenoxy) is 2. The molecule has 2 unspecified atom stereocenters. The van der Waals surface area contributed by atoms with Crippen LogP contribution in [0.2, 0.25) is 0 Å². The van der Waals surface area contributed by atoms with Crippen LogP contribution in [0.3, 0.4) is 0 Å². The smallest absolute Gasteiger partial charge is 0.225 e. The first-order valence-corrected chi connectivity index (χ1v) is 9.35. The zero-order valence-corrected chi connectivity index (χ0v) is 15.8. The highest BCUT2D eigenvalue weighted by Gasteiger charge is 2.38. The number of rotatable bonds is 6. The molecule has 2 atom stereocenters. The number of nitrogens with zero attached hydrogens (tertiary/aromatic N) is 1. The van der Waals surface area contributed by atoms with Crippen LogP contribution in [-0.2, 0) is 9.59 Å². The molecule has 2 fully saturated rings. The average molecular weight is 360 g/mol. The summed E-state index contributed by atoms with van der Waals surface area (Å²) in [6.45, 7) is 2.48. The van der Waals surface area contributed by atoms with Crippen LogP contribution in [0.25, 0.3) is 0 Å². The SMILES string of the molecule is COc1ccc(C(C)NC(=O)C2CC(=O)N(C3CCCC3)C2)cc1OC. The van der Waals surface area contributed by atoms with E-state index in [2.05, 4.69) is 5.32 Å². The molecular weight excluding hydrogens is 332 g/mol. The van der Waals surface area contributed by atoms with Crippen molar-refractivity contribution in [2.45, 2.75) is 51.1 Å². The molecule has 142 valence electrons. The molecule has 6 nitrogen and oxygen atoms in total. The van der Waals surface area contributed by atoms with Crippen molar-refractivity contribution in [1.29, 1.82) is 0 Å². The molecule has 1 saturated carbocycles. The number of hydrogen-bond donors (Lipinski definition) is 1. The molecule has 1 aliphatic carbocycles. The minimum atomic E-state index is -0.259. The fourth-order valence-electron chi connectivity index (χ4n) is 4.01. The third kappa shape index (κ3) is 3.79. The van der Waals surface area contributed by atoms with E-state index in [1.165, 1.54) is 12.8 Å². The summed E-state index contributed by atoms with van der Waals surface area (Å²) in [6.07, 6.45) is 4.83. The first-order chi connectivity index (χ1) is 12.5. The summed E-state index contributed by atoms with van der Waals surface area (Å²) < 4.78 is 10.6. The zero-order chi connectivity index (χ0) is 18.7. The number of carbonyl (C=O) groups excluding carboxylic acids is 2. The summed E-state index contributed by atoms with van der Waals surface area (Å²) in [4.78, 5) is 26.9. The summed E-state index contributed by atoms with van der Waals surface area (Å²) in [5, 5.41) is 3.04.